The van der Waals surface area contributed by atoms with E-state index in [0.717, 1.165) is 12.8 Å². The Balaban J connectivity index is 1.85. The Morgan fingerprint density at radius 2 is 2.00 bits per heavy atom. The largest absolute Gasteiger partial charge is 0.394 e. The first-order valence-electron chi connectivity index (χ1n) is 7.87. The molecule has 0 saturated carbocycles. The third-order valence-corrected chi connectivity index (χ3v) is 3.99. The molecule has 0 aliphatic heterocycles. The molecule has 1 atom stereocenters. The second kappa shape index (κ2) is 6.67. The Bertz CT molecular complexity index is 525. The molecule has 0 saturated heterocycles. The zero-order valence-electron chi connectivity index (χ0n) is 13.7. The molecule has 0 radical (unpaired) electrons. The Morgan fingerprint density at radius 1 is 1.27 bits per heavy atom. The van der Waals surface area contributed by atoms with Gasteiger partial charge < -0.3 is 21.1 Å². The van der Waals surface area contributed by atoms with E-state index in [9.17, 15) is 9.90 Å². The summed E-state index contributed by atoms with van der Waals surface area (Å²) in [6.07, 6.45) is 1.86. The molecule has 1 unspecified atom stereocenters. The average Bonchev–Trinajstić information content (AvgIpc) is 2.82. The monoisotopic (exact) mass is 305 g/mol. The molecule has 1 aliphatic carbocycles. The van der Waals surface area contributed by atoms with Gasteiger partial charge in [-0.15, -0.1) is 0 Å². The van der Waals surface area contributed by atoms with Crippen LogP contribution in [0.5, 0.6) is 0 Å². The fourth-order valence-corrected chi connectivity index (χ4v) is 2.95. The van der Waals surface area contributed by atoms with Crippen molar-refractivity contribution >= 4 is 6.03 Å². The molecule has 1 aliphatic rings. The number of carbonyl (C=O) groups excluding carboxylic acids is 1. The number of aliphatic hydroxyl groups excluding tert-OH is 1. The molecule has 5 heteroatoms. The van der Waals surface area contributed by atoms with E-state index in [4.69, 9.17) is 0 Å². The highest BCUT2D eigenvalue weighted by molar-refractivity contribution is 5.74. The number of rotatable bonds is 5. The fourth-order valence-electron chi connectivity index (χ4n) is 2.95. The predicted octanol–water partition coefficient (Wildman–Crippen LogP) is 1.51. The minimum Gasteiger partial charge on any atom is -0.394 e. The highest BCUT2D eigenvalue weighted by Crippen LogP contribution is 2.36. The lowest BCUT2D eigenvalue weighted by atomic mass is 9.92. The van der Waals surface area contributed by atoms with Gasteiger partial charge in [-0.1, -0.05) is 24.3 Å². The number of amides is 2. The molecular weight excluding hydrogens is 278 g/mol. The van der Waals surface area contributed by atoms with E-state index in [-0.39, 0.29) is 23.7 Å². The van der Waals surface area contributed by atoms with Gasteiger partial charge in [0.2, 0.25) is 0 Å². The van der Waals surface area contributed by atoms with Crippen LogP contribution < -0.4 is 16.0 Å². The van der Waals surface area contributed by atoms with E-state index >= 15 is 0 Å². The Morgan fingerprint density at radius 3 is 2.68 bits per heavy atom. The highest BCUT2D eigenvalue weighted by Gasteiger charge is 2.37. The molecule has 4 N–H and O–H groups in total. The van der Waals surface area contributed by atoms with Gasteiger partial charge in [-0.3, -0.25) is 0 Å². The third kappa shape index (κ3) is 3.99. The Labute approximate surface area is 132 Å². The summed E-state index contributed by atoms with van der Waals surface area (Å²) in [5.74, 6) is 0. The van der Waals surface area contributed by atoms with Crippen molar-refractivity contribution < 1.29 is 9.90 Å². The van der Waals surface area contributed by atoms with Crippen LogP contribution >= 0.6 is 0 Å². The van der Waals surface area contributed by atoms with E-state index in [0.29, 0.717) is 13.1 Å². The van der Waals surface area contributed by atoms with Crippen LogP contribution in [0.1, 0.15) is 38.3 Å². The van der Waals surface area contributed by atoms with Gasteiger partial charge >= 0.3 is 6.03 Å². The number of carbonyl (C=O) groups is 1. The molecule has 122 valence electrons. The van der Waals surface area contributed by atoms with Crippen LogP contribution in [-0.2, 0) is 12.0 Å². The Kier molecular flexibility index (Phi) is 5.08. The first kappa shape index (κ1) is 16.8. The lowest BCUT2D eigenvalue weighted by Gasteiger charge is -2.30. The van der Waals surface area contributed by atoms with Crippen LogP contribution in [0, 0.1) is 0 Å². The topological polar surface area (TPSA) is 73.4 Å². The molecule has 1 aromatic rings. The van der Waals surface area contributed by atoms with E-state index in [1.165, 1.54) is 11.1 Å². The number of benzene rings is 1. The lowest BCUT2D eigenvalue weighted by Crippen LogP contribution is -2.50. The van der Waals surface area contributed by atoms with E-state index in [2.05, 4.69) is 28.1 Å². The van der Waals surface area contributed by atoms with Crippen molar-refractivity contribution in [2.75, 3.05) is 19.7 Å². The second-order valence-corrected chi connectivity index (χ2v) is 6.96. The van der Waals surface area contributed by atoms with E-state index in [1.807, 2.05) is 32.9 Å². The van der Waals surface area contributed by atoms with Gasteiger partial charge in [0, 0.05) is 18.6 Å². The molecule has 0 aromatic heterocycles. The van der Waals surface area contributed by atoms with Crippen LogP contribution in [0.25, 0.3) is 0 Å². The summed E-state index contributed by atoms with van der Waals surface area (Å²) in [5.41, 5.74) is 1.85. The number of hydrogen-bond acceptors (Lipinski definition) is 3. The smallest absolute Gasteiger partial charge is 0.315 e. The minimum absolute atomic E-state index is 0.0677. The quantitative estimate of drug-likeness (QED) is 0.623. The molecule has 22 heavy (non-hydrogen) atoms. The molecule has 0 fully saturated rings. The second-order valence-electron chi connectivity index (χ2n) is 6.96. The summed E-state index contributed by atoms with van der Waals surface area (Å²) >= 11 is 0. The number of nitrogens with one attached hydrogen (secondary N) is 3. The number of aliphatic hydroxyl groups is 1. The van der Waals surface area contributed by atoms with Crippen molar-refractivity contribution in [2.45, 2.75) is 44.7 Å². The normalized spacial score (nSPS) is 20.5. The van der Waals surface area contributed by atoms with Crippen molar-refractivity contribution in [1.29, 1.82) is 0 Å². The first-order chi connectivity index (χ1) is 10.4. The predicted molar refractivity (Wildman–Crippen MR) is 87.8 cm³/mol. The molecule has 2 amide bonds. The molecule has 0 spiro atoms. The van der Waals surface area contributed by atoms with Crippen molar-refractivity contribution in [2.24, 2.45) is 0 Å². The van der Waals surface area contributed by atoms with Crippen LogP contribution in [0.4, 0.5) is 4.79 Å². The van der Waals surface area contributed by atoms with Crippen LogP contribution in [0.3, 0.4) is 0 Å². The maximum Gasteiger partial charge on any atom is 0.315 e. The molecule has 1 aromatic carbocycles. The summed E-state index contributed by atoms with van der Waals surface area (Å²) in [7, 11) is 0. The zero-order valence-corrected chi connectivity index (χ0v) is 13.7. The van der Waals surface area contributed by atoms with E-state index in [1.54, 1.807) is 0 Å². The standard InChI is InChI=1S/C17H27N3O2/c1-16(2,3)20-15(22)18-10-11-19-17(12-21)9-8-13-6-4-5-7-14(13)17/h4-7,19,21H,8-12H2,1-3H3,(H2,18,20,22). The molecule has 2 rings (SSSR count). The van der Waals surface area contributed by atoms with Crippen molar-refractivity contribution in [3.63, 3.8) is 0 Å². The molecule has 5 nitrogen and oxygen atoms in total. The summed E-state index contributed by atoms with van der Waals surface area (Å²) in [5, 5.41) is 19.0. The average molecular weight is 305 g/mol. The van der Waals surface area contributed by atoms with Crippen LogP contribution in [0.2, 0.25) is 0 Å². The SMILES string of the molecule is CC(C)(C)NC(=O)NCCNC1(CO)CCc2ccccc21. The summed E-state index contributed by atoms with van der Waals surface area (Å²) in [6.45, 7) is 7.04. The van der Waals surface area contributed by atoms with Crippen LogP contribution in [-0.4, -0.2) is 36.4 Å². The third-order valence-electron chi connectivity index (χ3n) is 3.99. The fraction of sp³-hybridized carbons (Fsp3) is 0.588. The van der Waals surface area contributed by atoms with Crippen molar-refractivity contribution in [3.05, 3.63) is 35.4 Å². The molecule has 0 heterocycles. The Hall–Kier alpha value is -1.59. The summed E-state index contributed by atoms with van der Waals surface area (Å²) in [6, 6.07) is 8.06. The maximum atomic E-state index is 11.7. The first-order valence-corrected chi connectivity index (χ1v) is 7.87. The van der Waals surface area contributed by atoms with Gasteiger partial charge in [0.25, 0.3) is 0 Å². The minimum atomic E-state index is -0.376. The van der Waals surface area contributed by atoms with Crippen molar-refractivity contribution in [1.82, 2.24) is 16.0 Å². The molecular formula is C17H27N3O2. The number of urea groups is 1. The highest BCUT2D eigenvalue weighted by atomic mass is 16.3. The van der Waals surface area contributed by atoms with Gasteiger partial charge in [0.1, 0.15) is 0 Å². The molecule has 0 bridgehead atoms. The lowest BCUT2D eigenvalue weighted by molar-refractivity contribution is 0.161. The maximum absolute atomic E-state index is 11.7. The number of hydrogen-bond donors (Lipinski definition) is 4. The summed E-state index contributed by atoms with van der Waals surface area (Å²) < 4.78 is 0. The number of aryl methyl sites for hydroxylation is 1. The van der Waals surface area contributed by atoms with Gasteiger partial charge in [0.05, 0.1) is 12.1 Å². The van der Waals surface area contributed by atoms with Gasteiger partial charge in [-0.2, -0.15) is 0 Å². The van der Waals surface area contributed by atoms with Crippen molar-refractivity contribution in [3.8, 4) is 0 Å². The van der Waals surface area contributed by atoms with Crippen LogP contribution in [0.15, 0.2) is 24.3 Å². The zero-order chi connectivity index (χ0) is 16.2. The number of fused-ring (bicyclic) bond motifs is 1. The van der Waals surface area contributed by atoms with Gasteiger partial charge in [0.15, 0.2) is 0 Å². The van der Waals surface area contributed by atoms with Gasteiger partial charge in [-0.25, -0.2) is 4.79 Å². The van der Waals surface area contributed by atoms with E-state index < -0.39 is 0 Å². The summed E-state index contributed by atoms with van der Waals surface area (Å²) in [4.78, 5) is 11.7. The van der Waals surface area contributed by atoms with Gasteiger partial charge in [-0.05, 0) is 44.7 Å².